The predicted octanol–water partition coefficient (Wildman–Crippen LogP) is -0.0385. The van der Waals surface area contributed by atoms with E-state index in [9.17, 15) is 4.79 Å². The highest BCUT2D eigenvalue weighted by Gasteiger charge is 2.22. The summed E-state index contributed by atoms with van der Waals surface area (Å²) in [5, 5.41) is 12.0. The third kappa shape index (κ3) is 4.12. The summed E-state index contributed by atoms with van der Waals surface area (Å²) in [6, 6.07) is 7.59. The summed E-state index contributed by atoms with van der Waals surface area (Å²) in [4.78, 5) is 15.9. The Morgan fingerprint density at radius 2 is 1.84 bits per heavy atom. The molecule has 1 saturated heterocycles. The molecule has 0 spiro atoms. The molecule has 1 aliphatic heterocycles. The molecule has 25 heavy (non-hydrogen) atoms. The Morgan fingerprint density at radius 1 is 1.12 bits per heavy atom. The van der Waals surface area contributed by atoms with Crippen LogP contribution in [0.3, 0.4) is 0 Å². The van der Waals surface area contributed by atoms with Crippen molar-refractivity contribution in [3.05, 3.63) is 30.1 Å². The number of methoxy groups -OCH3 is 2. The second-order valence-corrected chi connectivity index (χ2v) is 5.79. The number of carbonyl (C=O) groups is 1. The summed E-state index contributed by atoms with van der Waals surface area (Å²) >= 11 is 0. The number of aromatic nitrogens is 4. The standard InChI is InChI=1S/C16H22N6O3/c1-24-12-16(23)21-9-7-20(8-10-21)11-15-17-18-19-22(15)13-3-5-14(25-2)6-4-13/h3-6H,7-12H2,1-2H3. The molecule has 1 aromatic carbocycles. The number of nitrogens with zero attached hydrogens (tertiary/aromatic N) is 6. The molecule has 9 nitrogen and oxygen atoms in total. The molecule has 1 amide bonds. The van der Waals surface area contributed by atoms with Crippen LogP contribution < -0.4 is 4.74 Å². The van der Waals surface area contributed by atoms with Crippen molar-refractivity contribution in [2.24, 2.45) is 0 Å². The second-order valence-electron chi connectivity index (χ2n) is 5.79. The van der Waals surface area contributed by atoms with E-state index in [1.165, 1.54) is 7.11 Å². The Hall–Kier alpha value is -2.52. The van der Waals surface area contributed by atoms with Crippen molar-refractivity contribution in [2.75, 3.05) is 47.0 Å². The van der Waals surface area contributed by atoms with Gasteiger partial charge < -0.3 is 14.4 Å². The molecule has 0 bridgehead atoms. The van der Waals surface area contributed by atoms with Crippen molar-refractivity contribution in [1.29, 1.82) is 0 Å². The molecule has 0 saturated carbocycles. The number of carbonyl (C=O) groups excluding carboxylic acids is 1. The summed E-state index contributed by atoms with van der Waals surface area (Å²) in [7, 11) is 3.17. The van der Waals surface area contributed by atoms with Crippen LogP contribution in [0, 0.1) is 0 Å². The molecule has 2 aromatic rings. The zero-order valence-corrected chi connectivity index (χ0v) is 14.5. The van der Waals surface area contributed by atoms with Gasteiger partial charge in [-0.25, -0.2) is 0 Å². The maximum atomic E-state index is 11.8. The van der Waals surface area contributed by atoms with E-state index in [4.69, 9.17) is 9.47 Å². The minimum absolute atomic E-state index is 0.0326. The fourth-order valence-electron chi connectivity index (χ4n) is 2.80. The Labute approximate surface area is 146 Å². The van der Waals surface area contributed by atoms with Crippen molar-refractivity contribution >= 4 is 5.91 Å². The molecular weight excluding hydrogens is 324 g/mol. The van der Waals surface area contributed by atoms with Gasteiger partial charge in [-0.05, 0) is 34.7 Å². The van der Waals surface area contributed by atoms with Crippen molar-refractivity contribution < 1.29 is 14.3 Å². The van der Waals surface area contributed by atoms with E-state index in [-0.39, 0.29) is 12.5 Å². The molecule has 1 aromatic heterocycles. The monoisotopic (exact) mass is 346 g/mol. The highest BCUT2D eigenvalue weighted by molar-refractivity contribution is 5.77. The van der Waals surface area contributed by atoms with E-state index in [1.54, 1.807) is 11.8 Å². The van der Waals surface area contributed by atoms with E-state index in [2.05, 4.69) is 20.4 Å². The fraction of sp³-hybridized carbons (Fsp3) is 0.500. The molecule has 0 N–H and O–H groups in total. The van der Waals surface area contributed by atoms with Gasteiger partial charge in [0.15, 0.2) is 5.82 Å². The quantitative estimate of drug-likeness (QED) is 0.725. The van der Waals surface area contributed by atoms with Gasteiger partial charge >= 0.3 is 0 Å². The Morgan fingerprint density at radius 3 is 2.48 bits per heavy atom. The Bertz CT molecular complexity index is 694. The highest BCUT2D eigenvalue weighted by atomic mass is 16.5. The van der Waals surface area contributed by atoms with Gasteiger partial charge in [0.1, 0.15) is 12.4 Å². The van der Waals surface area contributed by atoms with E-state index in [1.807, 2.05) is 29.2 Å². The first-order chi connectivity index (χ1) is 12.2. The zero-order valence-electron chi connectivity index (χ0n) is 14.5. The summed E-state index contributed by atoms with van der Waals surface area (Å²) in [6.07, 6.45) is 0. The minimum Gasteiger partial charge on any atom is -0.497 e. The van der Waals surface area contributed by atoms with Crippen molar-refractivity contribution in [1.82, 2.24) is 30.0 Å². The van der Waals surface area contributed by atoms with Gasteiger partial charge in [-0.15, -0.1) is 5.10 Å². The molecule has 2 heterocycles. The van der Waals surface area contributed by atoms with Gasteiger partial charge in [-0.1, -0.05) is 0 Å². The lowest BCUT2D eigenvalue weighted by Gasteiger charge is -2.34. The van der Waals surface area contributed by atoms with E-state index in [0.29, 0.717) is 19.6 Å². The van der Waals surface area contributed by atoms with Gasteiger partial charge in [-0.3, -0.25) is 9.69 Å². The molecule has 0 unspecified atom stereocenters. The summed E-state index contributed by atoms with van der Waals surface area (Å²) in [5.41, 5.74) is 0.884. The molecule has 9 heteroatoms. The molecule has 1 aliphatic rings. The largest absolute Gasteiger partial charge is 0.497 e. The number of ether oxygens (including phenoxy) is 2. The molecule has 3 rings (SSSR count). The van der Waals surface area contributed by atoms with Crippen LogP contribution in [-0.2, 0) is 16.1 Å². The zero-order chi connectivity index (χ0) is 17.6. The van der Waals surface area contributed by atoms with Crippen molar-refractivity contribution in [3.8, 4) is 11.4 Å². The van der Waals surface area contributed by atoms with Crippen LogP contribution in [0.5, 0.6) is 5.75 Å². The molecule has 134 valence electrons. The second kappa shape index (κ2) is 8.04. The van der Waals surface area contributed by atoms with Gasteiger partial charge in [0, 0.05) is 33.3 Å². The van der Waals surface area contributed by atoms with E-state index >= 15 is 0 Å². The maximum absolute atomic E-state index is 11.8. The lowest BCUT2D eigenvalue weighted by atomic mass is 10.3. The topological polar surface area (TPSA) is 85.6 Å². The normalized spacial score (nSPS) is 15.4. The summed E-state index contributed by atoms with van der Waals surface area (Å²) in [5.74, 6) is 1.59. The number of tetrazole rings is 1. The van der Waals surface area contributed by atoms with Crippen LogP contribution in [0.1, 0.15) is 5.82 Å². The number of rotatable bonds is 6. The van der Waals surface area contributed by atoms with Crippen molar-refractivity contribution in [2.45, 2.75) is 6.54 Å². The molecule has 0 aliphatic carbocycles. The molecule has 1 fully saturated rings. The summed E-state index contributed by atoms with van der Waals surface area (Å²) in [6.45, 7) is 3.70. The Balaban J connectivity index is 1.61. The molecule has 0 atom stereocenters. The number of piperazine rings is 1. The van der Waals surface area contributed by atoms with Crippen LogP contribution in [0.2, 0.25) is 0 Å². The van der Waals surface area contributed by atoms with Crippen LogP contribution >= 0.6 is 0 Å². The van der Waals surface area contributed by atoms with E-state index < -0.39 is 0 Å². The minimum atomic E-state index is 0.0326. The SMILES string of the molecule is COCC(=O)N1CCN(Cc2nnnn2-c2ccc(OC)cc2)CC1. The van der Waals surface area contributed by atoms with Crippen molar-refractivity contribution in [3.63, 3.8) is 0 Å². The van der Waals surface area contributed by atoms with Gasteiger partial charge in [-0.2, -0.15) is 4.68 Å². The smallest absolute Gasteiger partial charge is 0.248 e. The van der Waals surface area contributed by atoms with Crippen LogP contribution in [0.15, 0.2) is 24.3 Å². The summed E-state index contributed by atoms with van der Waals surface area (Å²) < 4.78 is 11.8. The first kappa shape index (κ1) is 17.3. The predicted molar refractivity (Wildman–Crippen MR) is 89.4 cm³/mol. The number of hydrogen-bond donors (Lipinski definition) is 0. The highest BCUT2D eigenvalue weighted by Crippen LogP contribution is 2.16. The Kier molecular flexibility index (Phi) is 5.56. The van der Waals surface area contributed by atoms with Crippen LogP contribution in [0.25, 0.3) is 5.69 Å². The first-order valence-corrected chi connectivity index (χ1v) is 8.12. The third-order valence-corrected chi connectivity index (χ3v) is 4.21. The van der Waals surface area contributed by atoms with Gasteiger partial charge in [0.25, 0.3) is 0 Å². The first-order valence-electron chi connectivity index (χ1n) is 8.12. The number of amides is 1. The maximum Gasteiger partial charge on any atom is 0.248 e. The van der Waals surface area contributed by atoms with E-state index in [0.717, 1.165) is 30.4 Å². The van der Waals surface area contributed by atoms with Gasteiger partial charge in [0.2, 0.25) is 5.91 Å². The van der Waals surface area contributed by atoms with Crippen LogP contribution in [0.4, 0.5) is 0 Å². The van der Waals surface area contributed by atoms with Crippen LogP contribution in [-0.4, -0.2) is 82.9 Å². The average molecular weight is 346 g/mol. The lowest BCUT2D eigenvalue weighted by Crippen LogP contribution is -2.49. The van der Waals surface area contributed by atoms with Gasteiger partial charge in [0.05, 0.1) is 19.3 Å². The molecular formula is C16H22N6O3. The number of hydrogen-bond acceptors (Lipinski definition) is 7. The fourth-order valence-corrected chi connectivity index (χ4v) is 2.80. The lowest BCUT2D eigenvalue weighted by molar-refractivity contribution is -0.136. The number of benzene rings is 1. The average Bonchev–Trinajstić information content (AvgIpc) is 3.10. The third-order valence-electron chi connectivity index (χ3n) is 4.21. The molecule has 0 radical (unpaired) electrons.